The minimum absolute atomic E-state index is 0.106. The maximum atomic E-state index is 12.5. The van der Waals surface area contributed by atoms with E-state index in [0.29, 0.717) is 11.1 Å². The fourth-order valence-corrected chi connectivity index (χ4v) is 3.94. The van der Waals surface area contributed by atoms with E-state index in [1.165, 1.54) is 5.56 Å². The fraction of sp³-hybridized carbons (Fsp3) is 0.435. The predicted octanol–water partition coefficient (Wildman–Crippen LogP) is 0.959. The lowest BCUT2D eigenvalue weighted by molar-refractivity contribution is -0.929. The fourth-order valence-electron chi connectivity index (χ4n) is 3.94. The Bertz CT molecular complexity index is 882. The SMILES string of the molecule is Cc1cccc(C[C@H](NC(=O)Cc2ccc(C[N+]3(C)CCOCC3)cc2)B(O)O)c1O. The van der Waals surface area contributed by atoms with Gasteiger partial charge in [0, 0.05) is 5.56 Å². The number of benzene rings is 2. The first-order valence-corrected chi connectivity index (χ1v) is 10.7. The number of nitrogens with zero attached hydrogens (tertiary/aromatic N) is 1. The molecule has 3 rings (SSSR count). The van der Waals surface area contributed by atoms with Gasteiger partial charge in [-0.05, 0) is 30.0 Å². The molecule has 1 atom stereocenters. The number of likely N-dealkylation sites (N-methyl/N-ethyl adjacent to an activating group) is 1. The topological polar surface area (TPSA) is 99.0 Å². The number of ether oxygens (including phenoxy) is 1. The molecule has 0 saturated carbocycles. The number of morpholine rings is 1. The number of quaternary nitrogens is 1. The summed E-state index contributed by atoms with van der Waals surface area (Å²) in [4.78, 5) is 12.5. The van der Waals surface area contributed by atoms with Crippen LogP contribution in [0, 0.1) is 6.92 Å². The molecule has 1 saturated heterocycles. The Balaban J connectivity index is 1.57. The summed E-state index contributed by atoms with van der Waals surface area (Å²) >= 11 is 0. The zero-order chi connectivity index (χ0) is 22.4. The van der Waals surface area contributed by atoms with Gasteiger partial charge in [0.05, 0.1) is 32.6 Å². The summed E-state index contributed by atoms with van der Waals surface area (Å²) in [5.74, 6) is -1.11. The summed E-state index contributed by atoms with van der Waals surface area (Å²) in [5, 5.41) is 32.3. The van der Waals surface area contributed by atoms with Crippen LogP contribution in [0.2, 0.25) is 0 Å². The molecule has 1 amide bonds. The molecule has 2 aromatic rings. The Morgan fingerprint density at radius 2 is 1.77 bits per heavy atom. The summed E-state index contributed by atoms with van der Waals surface area (Å²) in [6.45, 7) is 6.25. The number of rotatable bonds is 8. The largest absolute Gasteiger partial charge is 0.507 e. The van der Waals surface area contributed by atoms with Crippen LogP contribution in [-0.2, 0) is 28.9 Å². The van der Waals surface area contributed by atoms with Gasteiger partial charge in [-0.2, -0.15) is 0 Å². The lowest BCUT2D eigenvalue weighted by Gasteiger charge is -2.37. The zero-order valence-electron chi connectivity index (χ0n) is 18.3. The van der Waals surface area contributed by atoms with E-state index in [4.69, 9.17) is 4.74 Å². The summed E-state index contributed by atoms with van der Waals surface area (Å²) in [6, 6.07) is 13.2. The van der Waals surface area contributed by atoms with Crippen molar-refractivity contribution in [1.82, 2.24) is 5.32 Å². The molecule has 166 valence electrons. The smallest absolute Gasteiger partial charge is 0.475 e. The molecular weight excluding hydrogens is 395 g/mol. The average molecular weight is 427 g/mol. The van der Waals surface area contributed by atoms with E-state index in [9.17, 15) is 19.9 Å². The third-order valence-corrected chi connectivity index (χ3v) is 5.97. The van der Waals surface area contributed by atoms with Crippen molar-refractivity contribution in [2.45, 2.75) is 32.3 Å². The molecular formula is C23H32BN2O5+. The minimum atomic E-state index is -1.73. The number of aryl methyl sites for hydroxylation is 1. The second-order valence-electron chi connectivity index (χ2n) is 8.70. The van der Waals surface area contributed by atoms with E-state index < -0.39 is 13.1 Å². The number of carbonyl (C=O) groups is 1. The number of nitrogens with one attached hydrogen (secondary N) is 1. The predicted molar refractivity (Wildman–Crippen MR) is 119 cm³/mol. The summed E-state index contributed by atoms with van der Waals surface area (Å²) in [7, 11) is 0.500. The molecule has 8 heteroatoms. The second kappa shape index (κ2) is 10.3. The van der Waals surface area contributed by atoms with Gasteiger partial charge in [0.2, 0.25) is 5.91 Å². The zero-order valence-corrected chi connectivity index (χ0v) is 18.3. The molecule has 1 heterocycles. The highest BCUT2D eigenvalue weighted by Crippen LogP contribution is 2.23. The number of aromatic hydroxyl groups is 1. The van der Waals surface area contributed by atoms with Crippen molar-refractivity contribution in [3.63, 3.8) is 0 Å². The minimum Gasteiger partial charge on any atom is -0.507 e. The highest BCUT2D eigenvalue weighted by atomic mass is 16.5. The van der Waals surface area contributed by atoms with E-state index >= 15 is 0 Å². The standard InChI is InChI=1S/C23H31BN2O5/c1-17-4-3-5-20(23(17)28)15-21(24(29)30)25-22(27)14-18-6-8-19(9-7-18)16-26(2)10-12-31-13-11-26/h3-9,21,29-30H,10-16H2,1-2H3,(H-,25,27,28)/p+1/t21-/m0/s1. The number of phenolic OH excluding ortho intramolecular Hbond substituents is 1. The molecule has 2 aromatic carbocycles. The number of amides is 1. The van der Waals surface area contributed by atoms with Gasteiger partial charge in [-0.1, -0.05) is 42.5 Å². The lowest BCUT2D eigenvalue weighted by Crippen LogP contribution is -2.51. The van der Waals surface area contributed by atoms with E-state index in [1.54, 1.807) is 25.1 Å². The van der Waals surface area contributed by atoms with Crippen molar-refractivity contribution >= 4 is 13.0 Å². The Morgan fingerprint density at radius 3 is 2.42 bits per heavy atom. The molecule has 0 unspecified atom stereocenters. The number of hydrogen-bond acceptors (Lipinski definition) is 5. The summed E-state index contributed by atoms with van der Waals surface area (Å²) in [5.41, 5.74) is 3.33. The maximum Gasteiger partial charge on any atom is 0.475 e. The van der Waals surface area contributed by atoms with E-state index in [1.807, 2.05) is 24.3 Å². The molecule has 7 nitrogen and oxygen atoms in total. The van der Waals surface area contributed by atoms with Gasteiger partial charge in [0.1, 0.15) is 25.4 Å². The van der Waals surface area contributed by atoms with Crippen molar-refractivity contribution in [3.8, 4) is 5.75 Å². The number of carbonyl (C=O) groups excluding carboxylic acids is 1. The van der Waals surface area contributed by atoms with Crippen LogP contribution in [0.15, 0.2) is 42.5 Å². The van der Waals surface area contributed by atoms with Crippen molar-refractivity contribution in [2.24, 2.45) is 0 Å². The van der Waals surface area contributed by atoms with Gasteiger partial charge >= 0.3 is 7.12 Å². The van der Waals surface area contributed by atoms with E-state index in [-0.39, 0.29) is 24.5 Å². The highest BCUT2D eigenvalue weighted by molar-refractivity contribution is 6.43. The summed E-state index contributed by atoms with van der Waals surface area (Å²) in [6.07, 6.45) is 0.263. The molecule has 31 heavy (non-hydrogen) atoms. The van der Waals surface area contributed by atoms with Gasteiger partial charge < -0.3 is 29.7 Å². The van der Waals surface area contributed by atoms with Crippen molar-refractivity contribution < 1.29 is 29.2 Å². The molecule has 0 radical (unpaired) electrons. The Hall–Kier alpha value is -2.39. The molecule has 0 spiro atoms. The van der Waals surface area contributed by atoms with Crippen LogP contribution in [0.1, 0.15) is 22.3 Å². The first-order chi connectivity index (χ1) is 14.8. The molecule has 0 aromatic heterocycles. The number of para-hydroxylation sites is 1. The van der Waals surface area contributed by atoms with Gasteiger partial charge in [0.25, 0.3) is 0 Å². The van der Waals surface area contributed by atoms with Crippen LogP contribution in [0.4, 0.5) is 0 Å². The molecule has 0 aliphatic carbocycles. The lowest BCUT2D eigenvalue weighted by atomic mass is 9.75. The van der Waals surface area contributed by atoms with Gasteiger partial charge in [-0.25, -0.2) is 0 Å². The quantitative estimate of drug-likeness (QED) is 0.372. The average Bonchev–Trinajstić information content (AvgIpc) is 2.72. The first kappa shape index (κ1) is 23.3. The van der Waals surface area contributed by atoms with Crippen LogP contribution in [-0.4, -0.2) is 72.0 Å². The van der Waals surface area contributed by atoms with Crippen LogP contribution < -0.4 is 5.32 Å². The highest BCUT2D eigenvalue weighted by Gasteiger charge is 2.27. The third kappa shape index (κ3) is 6.55. The van der Waals surface area contributed by atoms with Gasteiger partial charge in [-0.3, -0.25) is 4.79 Å². The van der Waals surface area contributed by atoms with Gasteiger partial charge in [-0.15, -0.1) is 0 Å². The number of hydrogen-bond donors (Lipinski definition) is 4. The van der Waals surface area contributed by atoms with Crippen molar-refractivity contribution in [3.05, 3.63) is 64.7 Å². The van der Waals surface area contributed by atoms with Crippen molar-refractivity contribution in [1.29, 1.82) is 0 Å². The van der Waals surface area contributed by atoms with Crippen molar-refractivity contribution in [2.75, 3.05) is 33.4 Å². The van der Waals surface area contributed by atoms with E-state index in [0.717, 1.165) is 42.9 Å². The van der Waals surface area contributed by atoms with Gasteiger partial charge in [0.15, 0.2) is 0 Å². The van der Waals surface area contributed by atoms with E-state index in [2.05, 4.69) is 12.4 Å². The maximum absolute atomic E-state index is 12.5. The third-order valence-electron chi connectivity index (χ3n) is 5.97. The second-order valence-corrected chi connectivity index (χ2v) is 8.70. The normalized spacial score (nSPS) is 16.5. The number of phenols is 1. The Kier molecular flexibility index (Phi) is 7.72. The Labute approximate surface area is 184 Å². The Morgan fingerprint density at radius 1 is 1.13 bits per heavy atom. The molecule has 1 aliphatic heterocycles. The first-order valence-electron chi connectivity index (χ1n) is 10.7. The molecule has 4 N–H and O–H groups in total. The summed E-state index contributed by atoms with van der Waals surface area (Å²) < 4.78 is 6.40. The molecule has 1 aliphatic rings. The van der Waals surface area contributed by atoms with Crippen LogP contribution >= 0.6 is 0 Å². The molecule has 1 fully saturated rings. The monoisotopic (exact) mass is 427 g/mol. The van der Waals surface area contributed by atoms with Crippen LogP contribution in [0.5, 0.6) is 5.75 Å². The molecule has 0 bridgehead atoms. The van der Waals surface area contributed by atoms with Crippen LogP contribution in [0.3, 0.4) is 0 Å². The van der Waals surface area contributed by atoms with Crippen LogP contribution in [0.25, 0.3) is 0 Å².